The summed E-state index contributed by atoms with van der Waals surface area (Å²) in [6, 6.07) is 0.0781. The van der Waals surface area contributed by atoms with Crippen molar-refractivity contribution in [1.29, 1.82) is 0 Å². The van der Waals surface area contributed by atoms with Crippen LogP contribution in [0, 0.1) is 5.92 Å². The van der Waals surface area contributed by atoms with Crippen LogP contribution in [0.25, 0.3) is 0 Å². The van der Waals surface area contributed by atoms with Crippen LogP contribution in [-0.2, 0) is 0 Å². The molecule has 2 unspecified atom stereocenters. The van der Waals surface area contributed by atoms with Crippen molar-refractivity contribution < 1.29 is 4.79 Å². The van der Waals surface area contributed by atoms with Crippen LogP contribution in [0.15, 0.2) is 6.20 Å². The molecule has 1 amide bonds. The SMILES string of the molecule is CC1CCN(C(=O)c2cnsn2)CC1N. The first-order chi connectivity index (χ1) is 7.18. The molecule has 0 aromatic carbocycles. The lowest BCUT2D eigenvalue weighted by Gasteiger charge is -2.34. The minimum atomic E-state index is -0.0499. The molecule has 1 aromatic heterocycles. The second kappa shape index (κ2) is 4.24. The van der Waals surface area contributed by atoms with Gasteiger partial charge in [0.05, 0.1) is 17.9 Å². The number of nitrogens with zero attached hydrogens (tertiary/aromatic N) is 3. The maximum Gasteiger partial charge on any atom is 0.275 e. The molecule has 6 heteroatoms. The van der Waals surface area contributed by atoms with Gasteiger partial charge in [-0.05, 0) is 12.3 Å². The zero-order valence-electron chi connectivity index (χ0n) is 8.59. The molecular weight excluding hydrogens is 212 g/mol. The summed E-state index contributed by atoms with van der Waals surface area (Å²) in [5, 5.41) is 0. The van der Waals surface area contributed by atoms with E-state index < -0.39 is 0 Å². The third-order valence-electron chi connectivity index (χ3n) is 2.88. The van der Waals surface area contributed by atoms with E-state index in [1.165, 1.54) is 6.20 Å². The standard InChI is InChI=1S/C9H14N4OS/c1-6-2-3-13(5-7(6)10)9(14)8-4-11-15-12-8/h4,6-7H,2-3,5,10H2,1H3. The fourth-order valence-corrected chi connectivity index (χ4v) is 2.11. The van der Waals surface area contributed by atoms with Gasteiger partial charge >= 0.3 is 0 Å². The van der Waals surface area contributed by atoms with Crippen molar-refractivity contribution in [2.45, 2.75) is 19.4 Å². The molecular formula is C9H14N4OS. The van der Waals surface area contributed by atoms with Gasteiger partial charge in [0.1, 0.15) is 0 Å². The number of aromatic nitrogens is 2. The van der Waals surface area contributed by atoms with Crippen molar-refractivity contribution in [2.24, 2.45) is 11.7 Å². The van der Waals surface area contributed by atoms with Gasteiger partial charge in [0.2, 0.25) is 0 Å². The van der Waals surface area contributed by atoms with E-state index in [1.54, 1.807) is 4.90 Å². The molecule has 1 fully saturated rings. The van der Waals surface area contributed by atoms with Gasteiger partial charge in [0, 0.05) is 19.1 Å². The summed E-state index contributed by atoms with van der Waals surface area (Å²) in [6.45, 7) is 3.51. The Bertz CT molecular complexity index is 340. The molecule has 2 rings (SSSR count). The van der Waals surface area contributed by atoms with Crippen LogP contribution in [0.3, 0.4) is 0 Å². The molecule has 2 heterocycles. The number of hydrogen-bond acceptors (Lipinski definition) is 5. The van der Waals surface area contributed by atoms with E-state index in [0.717, 1.165) is 24.7 Å². The Morgan fingerprint density at radius 2 is 2.53 bits per heavy atom. The van der Waals surface area contributed by atoms with Gasteiger partial charge in [0.15, 0.2) is 5.69 Å². The fourth-order valence-electron chi connectivity index (χ4n) is 1.70. The van der Waals surface area contributed by atoms with Gasteiger partial charge in [-0.15, -0.1) is 0 Å². The second-order valence-electron chi connectivity index (χ2n) is 3.97. The van der Waals surface area contributed by atoms with Crippen LogP contribution in [0.1, 0.15) is 23.8 Å². The molecule has 2 N–H and O–H groups in total. The number of likely N-dealkylation sites (tertiary alicyclic amines) is 1. The first-order valence-electron chi connectivity index (χ1n) is 5.01. The van der Waals surface area contributed by atoms with E-state index in [9.17, 15) is 4.79 Å². The molecule has 0 aliphatic carbocycles. The van der Waals surface area contributed by atoms with Crippen molar-refractivity contribution in [3.63, 3.8) is 0 Å². The Morgan fingerprint density at radius 1 is 1.73 bits per heavy atom. The van der Waals surface area contributed by atoms with E-state index in [2.05, 4.69) is 15.7 Å². The molecule has 0 radical (unpaired) electrons. The molecule has 1 saturated heterocycles. The van der Waals surface area contributed by atoms with Crippen molar-refractivity contribution in [1.82, 2.24) is 13.6 Å². The summed E-state index contributed by atoms with van der Waals surface area (Å²) in [7, 11) is 0. The van der Waals surface area contributed by atoms with Gasteiger partial charge in [-0.25, -0.2) is 0 Å². The van der Waals surface area contributed by atoms with Crippen molar-refractivity contribution >= 4 is 17.6 Å². The van der Waals surface area contributed by atoms with Crippen LogP contribution >= 0.6 is 11.7 Å². The van der Waals surface area contributed by atoms with E-state index in [0.29, 0.717) is 18.2 Å². The Morgan fingerprint density at radius 3 is 3.13 bits per heavy atom. The number of piperidine rings is 1. The zero-order chi connectivity index (χ0) is 10.8. The summed E-state index contributed by atoms with van der Waals surface area (Å²) >= 11 is 1.05. The quantitative estimate of drug-likeness (QED) is 0.750. The number of carbonyl (C=O) groups is 1. The molecule has 82 valence electrons. The highest BCUT2D eigenvalue weighted by molar-refractivity contribution is 6.99. The predicted molar refractivity (Wildman–Crippen MR) is 57.6 cm³/mol. The van der Waals surface area contributed by atoms with Crippen LogP contribution in [0.2, 0.25) is 0 Å². The lowest BCUT2D eigenvalue weighted by molar-refractivity contribution is 0.0667. The van der Waals surface area contributed by atoms with Gasteiger partial charge in [-0.2, -0.15) is 8.75 Å². The molecule has 1 aromatic rings. The predicted octanol–water partition coefficient (Wildman–Crippen LogP) is 0.347. The smallest absolute Gasteiger partial charge is 0.275 e. The number of hydrogen-bond donors (Lipinski definition) is 1. The highest BCUT2D eigenvalue weighted by Crippen LogP contribution is 2.17. The Hall–Kier alpha value is -1.01. The maximum atomic E-state index is 11.9. The van der Waals surface area contributed by atoms with Gasteiger partial charge < -0.3 is 10.6 Å². The van der Waals surface area contributed by atoms with Crippen LogP contribution in [0.5, 0.6) is 0 Å². The highest BCUT2D eigenvalue weighted by atomic mass is 32.1. The maximum absolute atomic E-state index is 11.9. The average Bonchev–Trinajstić information content (AvgIpc) is 2.74. The third kappa shape index (κ3) is 2.15. The first kappa shape index (κ1) is 10.5. The fraction of sp³-hybridized carbons (Fsp3) is 0.667. The Labute approximate surface area is 92.6 Å². The monoisotopic (exact) mass is 226 g/mol. The summed E-state index contributed by atoms with van der Waals surface area (Å²) in [4.78, 5) is 13.7. The van der Waals surface area contributed by atoms with E-state index in [1.807, 2.05) is 0 Å². The molecule has 0 saturated carbocycles. The molecule has 1 aliphatic heterocycles. The summed E-state index contributed by atoms with van der Waals surface area (Å²) in [5.74, 6) is 0.439. The van der Waals surface area contributed by atoms with E-state index in [4.69, 9.17) is 5.73 Å². The minimum absolute atomic E-state index is 0.0499. The summed E-state index contributed by atoms with van der Waals surface area (Å²) < 4.78 is 7.76. The van der Waals surface area contributed by atoms with Crippen LogP contribution in [-0.4, -0.2) is 38.7 Å². The Kier molecular flexibility index (Phi) is 2.97. The van der Waals surface area contributed by atoms with Crippen molar-refractivity contribution in [3.05, 3.63) is 11.9 Å². The van der Waals surface area contributed by atoms with E-state index in [-0.39, 0.29) is 11.9 Å². The number of rotatable bonds is 1. The van der Waals surface area contributed by atoms with Gasteiger partial charge in [-0.3, -0.25) is 4.79 Å². The second-order valence-corrected chi connectivity index (χ2v) is 4.53. The highest BCUT2D eigenvalue weighted by Gasteiger charge is 2.27. The topological polar surface area (TPSA) is 72.1 Å². The molecule has 0 spiro atoms. The first-order valence-corrected chi connectivity index (χ1v) is 5.74. The third-order valence-corrected chi connectivity index (χ3v) is 3.36. The largest absolute Gasteiger partial charge is 0.336 e. The molecule has 2 atom stereocenters. The summed E-state index contributed by atoms with van der Waals surface area (Å²) in [5.41, 5.74) is 6.36. The average molecular weight is 226 g/mol. The Balaban J connectivity index is 2.03. The lowest BCUT2D eigenvalue weighted by Crippen LogP contribution is -2.49. The van der Waals surface area contributed by atoms with Gasteiger partial charge in [-0.1, -0.05) is 6.92 Å². The number of nitrogens with two attached hydrogens (primary N) is 1. The summed E-state index contributed by atoms with van der Waals surface area (Å²) in [6.07, 6.45) is 2.47. The van der Waals surface area contributed by atoms with Crippen molar-refractivity contribution in [2.75, 3.05) is 13.1 Å². The molecule has 5 nitrogen and oxygen atoms in total. The van der Waals surface area contributed by atoms with Gasteiger partial charge in [0.25, 0.3) is 5.91 Å². The lowest BCUT2D eigenvalue weighted by atomic mass is 9.94. The number of carbonyl (C=O) groups excluding carboxylic acids is 1. The van der Waals surface area contributed by atoms with E-state index >= 15 is 0 Å². The molecule has 15 heavy (non-hydrogen) atoms. The normalized spacial score (nSPS) is 26.7. The zero-order valence-corrected chi connectivity index (χ0v) is 9.41. The number of amides is 1. The van der Waals surface area contributed by atoms with Crippen LogP contribution in [0.4, 0.5) is 0 Å². The minimum Gasteiger partial charge on any atom is -0.336 e. The molecule has 0 bridgehead atoms. The molecule has 1 aliphatic rings. The van der Waals surface area contributed by atoms with Crippen LogP contribution < -0.4 is 5.73 Å². The van der Waals surface area contributed by atoms with Crippen molar-refractivity contribution in [3.8, 4) is 0 Å².